The molecule has 1 N–H and O–H groups in total. The highest BCUT2D eigenvalue weighted by molar-refractivity contribution is 7.92. The van der Waals surface area contributed by atoms with Gasteiger partial charge >= 0.3 is 5.97 Å². The first-order valence-corrected chi connectivity index (χ1v) is 12.2. The highest BCUT2D eigenvalue weighted by Crippen LogP contribution is 2.33. The number of ether oxygens (including phenoxy) is 3. The molecule has 3 aromatic carbocycles. The van der Waals surface area contributed by atoms with E-state index in [-0.39, 0.29) is 34.2 Å². The van der Waals surface area contributed by atoms with Gasteiger partial charge < -0.3 is 19.5 Å². The van der Waals surface area contributed by atoms with Crippen LogP contribution in [0.25, 0.3) is 0 Å². The molecule has 0 fully saturated rings. The first-order chi connectivity index (χ1) is 17.2. The zero-order chi connectivity index (χ0) is 26.3. The van der Waals surface area contributed by atoms with E-state index in [0.29, 0.717) is 10.1 Å². The summed E-state index contributed by atoms with van der Waals surface area (Å²) in [6, 6.07) is 15.1. The molecule has 0 aliphatic heterocycles. The van der Waals surface area contributed by atoms with Crippen LogP contribution in [0.1, 0.15) is 17.3 Å². The van der Waals surface area contributed by atoms with Gasteiger partial charge in [-0.05, 0) is 49.4 Å². The number of hydrogen-bond donors (Lipinski definition) is 1. The number of amides is 1. The monoisotopic (exact) mass is 516 g/mol. The van der Waals surface area contributed by atoms with Gasteiger partial charge in [-0.3, -0.25) is 9.10 Å². The number of benzene rings is 3. The molecule has 0 saturated carbocycles. The van der Waals surface area contributed by atoms with E-state index in [1.54, 1.807) is 6.92 Å². The number of para-hydroxylation sites is 1. The SMILES string of the molecule is CCOC(=O)c1cccc(NC(=O)CN(c2ccccc2F)S(=O)(=O)c2ccc(OC)c(OC)c2)c1. The van der Waals surface area contributed by atoms with Gasteiger partial charge in [0.05, 0.1) is 37.0 Å². The van der Waals surface area contributed by atoms with Crippen molar-refractivity contribution in [1.82, 2.24) is 0 Å². The van der Waals surface area contributed by atoms with Crippen molar-refractivity contribution in [1.29, 1.82) is 0 Å². The van der Waals surface area contributed by atoms with E-state index in [1.165, 1.54) is 74.9 Å². The molecule has 0 bridgehead atoms. The van der Waals surface area contributed by atoms with Crippen LogP contribution >= 0.6 is 0 Å². The lowest BCUT2D eigenvalue weighted by atomic mass is 10.2. The van der Waals surface area contributed by atoms with Crippen LogP contribution in [-0.4, -0.2) is 47.7 Å². The summed E-state index contributed by atoms with van der Waals surface area (Å²) in [5, 5.41) is 2.54. The van der Waals surface area contributed by atoms with E-state index < -0.39 is 34.3 Å². The number of esters is 1. The average molecular weight is 517 g/mol. The Morgan fingerprint density at radius 3 is 2.33 bits per heavy atom. The minimum Gasteiger partial charge on any atom is -0.493 e. The molecule has 3 aromatic rings. The van der Waals surface area contributed by atoms with E-state index in [0.717, 1.165) is 6.07 Å². The summed E-state index contributed by atoms with van der Waals surface area (Å²) in [6.45, 7) is 1.10. The number of anilines is 2. The van der Waals surface area contributed by atoms with Crippen LogP contribution in [0.4, 0.5) is 15.8 Å². The molecule has 3 rings (SSSR count). The zero-order valence-electron chi connectivity index (χ0n) is 19.9. The molecule has 0 radical (unpaired) electrons. The number of nitrogens with zero attached hydrogens (tertiary/aromatic N) is 1. The van der Waals surface area contributed by atoms with E-state index in [2.05, 4.69) is 5.32 Å². The van der Waals surface area contributed by atoms with Crippen molar-refractivity contribution in [3.63, 3.8) is 0 Å². The van der Waals surface area contributed by atoms with Crippen molar-refractivity contribution in [3.8, 4) is 11.5 Å². The fraction of sp³-hybridized carbons (Fsp3) is 0.200. The van der Waals surface area contributed by atoms with Crippen LogP contribution in [0.15, 0.2) is 71.6 Å². The van der Waals surface area contributed by atoms with Crippen molar-refractivity contribution in [2.45, 2.75) is 11.8 Å². The lowest BCUT2D eigenvalue weighted by Crippen LogP contribution is -2.38. The third-order valence-electron chi connectivity index (χ3n) is 5.01. The molecular weight excluding hydrogens is 491 g/mol. The molecule has 190 valence electrons. The van der Waals surface area contributed by atoms with Crippen LogP contribution in [0.3, 0.4) is 0 Å². The van der Waals surface area contributed by atoms with Crippen molar-refractivity contribution in [3.05, 3.63) is 78.1 Å². The molecule has 0 heterocycles. The number of methoxy groups -OCH3 is 2. The second kappa shape index (κ2) is 11.5. The summed E-state index contributed by atoms with van der Waals surface area (Å²) in [4.78, 5) is 24.7. The number of nitrogens with one attached hydrogen (secondary N) is 1. The van der Waals surface area contributed by atoms with Gasteiger partial charge in [-0.15, -0.1) is 0 Å². The molecule has 0 aliphatic carbocycles. The number of carbonyl (C=O) groups is 2. The highest BCUT2D eigenvalue weighted by Gasteiger charge is 2.30. The van der Waals surface area contributed by atoms with Gasteiger partial charge in [-0.1, -0.05) is 18.2 Å². The van der Waals surface area contributed by atoms with Gasteiger partial charge in [0.1, 0.15) is 12.4 Å². The number of halogens is 1. The lowest BCUT2D eigenvalue weighted by molar-refractivity contribution is -0.114. The van der Waals surface area contributed by atoms with Crippen molar-refractivity contribution >= 4 is 33.3 Å². The third kappa shape index (κ3) is 5.92. The second-order valence-corrected chi connectivity index (χ2v) is 9.19. The highest BCUT2D eigenvalue weighted by atomic mass is 32.2. The maximum absolute atomic E-state index is 14.7. The predicted molar refractivity (Wildman–Crippen MR) is 132 cm³/mol. The Hall–Kier alpha value is -4.12. The smallest absolute Gasteiger partial charge is 0.338 e. The van der Waals surface area contributed by atoms with Gasteiger partial charge in [-0.2, -0.15) is 0 Å². The molecule has 36 heavy (non-hydrogen) atoms. The van der Waals surface area contributed by atoms with Gasteiger partial charge in [0.2, 0.25) is 5.91 Å². The topological polar surface area (TPSA) is 111 Å². The van der Waals surface area contributed by atoms with Crippen molar-refractivity contribution in [2.75, 3.05) is 37.0 Å². The Bertz CT molecular complexity index is 1360. The Labute approximate surface area is 208 Å². The predicted octanol–water partition coefficient (Wildman–Crippen LogP) is 3.85. The molecule has 0 saturated heterocycles. The first-order valence-electron chi connectivity index (χ1n) is 10.8. The number of sulfonamides is 1. The van der Waals surface area contributed by atoms with Crippen LogP contribution < -0.4 is 19.1 Å². The molecule has 9 nitrogen and oxygen atoms in total. The van der Waals surface area contributed by atoms with Crippen LogP contribution in [-0.2, 0) is 19.6 Å². The van der Waals surface area contributed by atoms with Gasteiger partial charge in [0.25, 0.3) is 10.0 Å². The maximum Gasteiger partial charge on any atom is 0.338 e. The molecule has 11 heteroatoms. The Balaban J connectivity index is 1.96. The third-order valence-corrected chi connectivity index (χ3v) is 6.76. The van der Waals surface area contributed by atoms with Crippen LogP contribution in [0, 0.1) is 5.82 Å². The first kappa shape index (κ1) is 26.5. The molecule has 0 atom stereocenters. The zero-order valence-corrected chi connectivity index (χ0v) is 20.7. The Morgan fingerprint density at radius 1 is 0.944 bits per heavy atom. The van der Waals surface area contributed by atoms with Gasteiger partial charge in [0, 0.05) is 11.8 Å². The number of rotatable bonds is 10. The summed E-state index contributed by atoms with van der Waals surface area (Å²) >= 11 is 0. The van der Waals surface area contributed by atoms with E-state index in [1.807, 2.05) is 0 Å². The van der Waals surface area contributed by atoms with E-state index in [4.69, 9.17) is 14.2 Å². The minimum atomic E-state index is -4.43. The quantitative estimate of drug-likeness (QED) is 0.408. The van der Waals surface area contributed by atoms with Gasteiger partial charge in [0.15, 0.2) is 11.5 Å². The average Bonchev–Trinajstić information content (AvgIpc) is 2.87. The fourth-order valence-corrected chi connectivity index (χ4v) is 4.77. The molecule has 0 unspecified atom stereocenters. The molecule has 0 spiro atoms. The summed E-state index contributed by atoms with van der Waals surface area (Å²) < 4.78 is 57.8. The maximum atomic E-state index is 14.7. The normalized spacial score (nSPS) is 10.9. The largest absolute Gasteiger partial charge is 0.493 e. The molecular formula is C25H25FN2O7S. The lowest BCUT2D eigenvalue weighted by Gasteiger charge is -2.25. The number of hydrogen-bond acceptors (Lipinski definition) is 7. The summed E-state index contributed by atoms with van der Waals surface area (Å²) in [7, 11) is -1.68. The van der Waals surface area contributed by atoms with E-state index in [9.17, 15) is 22.4 Å². The summed E-state index contributed by atoms with van der Waals surface area (Å²) in [5.41, 5.74) is 0.129. The Morgan fingerprint density at radius 2 is 1.67 bits per heavy atom. The summed E-state index contributed by atoms with van der Waals surface area (Å²) in [6.07, 6.45) is 0. The van der Waals surface area contributed by atoms with Crippen LogP contribution in [0.5, 0.6) is 11.5 Å². The van der Waals surface area contributed by atoms with E-state index >= 15 is 0 Å². The molecule has 0 aliphatic rings. The standard InChI is InChI=1S/C25H25FN2O7S/c1-4-35-25(30)17-8-7-9-18(14-17)27-24(29)16-28(21-11-6-5-10-20(21)26)36(31,32)19-12-13-22(33-2)23(15-19)34-3/h5-15H,4,16H2,1-3H3,(H,27,29). The van der Waals surface area contributed by atoms with Gasteiger partial charge in [-0.25, -0.2) is 17.6 Å². The second-order valence-electron chi connectivity index (χ2n) is 7.33. The van der Waals surface area contributed by atoms with Crippen molar-refractivity contribution in [2.24, 2.45) is 0 Å². The molecule has 1 amide bonds. The Kier molecular flexibility index (Phi) is 8.49. The van der Waals surface area contributed by atoms with Crippen LogP contribution in [0.2, 0.25) is 0 Å². The fourth-order valence-electron chi connectivity index (χ4n) is 3.33. The van der Waals surface area contributed by atoms with Crippen molar-refractivity contribution < 1.29 is 36.6 Å². The molecule has 0 aromatic heterocycles. The number of carbonyl (C=O) groups excluding carboxylic acids is 2. The summed E-state index contributed by atoms with van der Waals surface area (Å²) in [5.74, 6) is -1.72. The minimum absolute atomic E-state index is 0.146.